The molecule has 0 unspecified atom stereocenters. The first-order valence-electron chi connectivity index (χ1n) is 8.57. The lowest BCUT2D eigenvalue weighted by molar-refractivity contribution is -0.114. The Morgan fingerprint density at radius 3 is 2.38 bits per heavy atom. The molecule has 26 heavy (non-hydrogen) atoms. The molecular weight excluding hydrogens is 332 g/mol. The van der Waals surface area contributed by atoms with E-state index in [-0.39, 0.29) is 0 Å². The van der Waals surface area contributed by atoms with Crippen molar-refractivity contribution in [1.29, 1.82) is 0 Å². The highest BCUT2D eigenvalue weighted by Crippen LogP contribution is 2.40. The van der Waals surface area contributed by atoms with E-state index in [9.17, 15) is 9.59 Å². The molecule has 0 saturated carbocycles. The van der Waals surface area contributed by atoms with Gasteiger partial charge in [-0.15, -0.1) is 0 Å². The Labute approximate surface area is 151 Å². The molecule has 0 bridgehead atoms. The fraction of sp³-hybridized carbons (Fsp3) is 0.300. The number of carbonyl (C=O) groups is 2. The molecule has 0 saturated heterocycles. The van der Waals surface area contributed by atoms with Gasteiger partial charge in [0.2, 0.25) is 0 Å². The summed E-state index contributed by atoms with van der Waals surface area (Å²) in [7, 11) is 1.92. The number of aryl methyl sites for hydroxylation is 1. The number of Topliss-reactive ketones (excluding diaryl/α,β-unsaturated/α-hetero) is 1. The van der Waals surface area contributed by atoms with E-state index in [0.717, 1.165) is 5.56 Å². The van der Waals surface area contributed by atoms with Crippen LogP contribution in [0.4, 0.5) is 5.69 Å². The van der Waals surface area contributed by atoms with Crippen LogP contribution in [0.25, 0.3) is 0 Å². The van der Waals surface area contributed by atoms with Crippen LogP contribution in [-0.2, 0) is 11.3 Å². The van der Waals surface area contributed by atoms with Crippen molar-refractivity contribution < 1.29 is 19.1 Å². The van der Waals surface area contributed by atoms with E-state index >= 15 is 0 Å². The number of ether oxygens (including phenoxy) is 2. The zero-order valence-electron chi connectivity index (χ0n) is 14.8. The van der Waals surface area contributed by atoms with Gasteiger partial charge in [0, 0.05) is 12.6 Å². The van der Waals surface area contributed by atoms with Crippen LogP contribution in [0.1, 0.15) is 21.5 Å². The number of anilines is 1. The molecule has 6 nitrogen and oxygen atoms in total. The monoisotopic (exact) mass is 352 g/mol. The molecule has 0 spiro atoms. The lowest BCUT2D eigenvalue weighted by atomic mass is 10.1. The predicted octanol–water partition coefficient (Wildman–Crippen LogP) is 2.39. The van der Waals surface area contributed by atoms with Crippen molar-refractivity contribution in [3.05, 3.63) is 53.1 Å². The van der Waals surface area contributed by atoms with Gasteiger partial charge in [0.1, 0.15) is 13.2 Å². The zero-order valence-corrected chi connectivity index (χ0v) is 14.8. The largest absolute Gasteiger partial charge is 0.486 e. The van der Waals surface area contributed by atoms with Crippen molar-refractivity contribution in [2.75, 3.05) is 31.8 Å². The molecule has 0 atom stereocenters. The molecule has 4 rings (SSSR count). The Kier molecular flexibility index (Phi) is 4.12. The molecule has 2 aliphatic rings. The SMILES string of the molecule is Cc1ccc(CN(C)CN2C(=O)C(=O)c3cc4c(cc32)OCCO4)cc1. The fourth-order valence-corrected chi connectivity index (χ4v) is 3.27. The Hall–Kier alpha value is -2.86. The van der Waals surface area contributed by atoms with E-state index in [1.54, 1.807) is 12.1 Å². The first kappa shape index (κ1) is 16.6. The van der Waals surface area contributed by atoms with Crippen molar-refractivity contribution in [3.63, 3.8) is 0 Å². The third-order valence-electron chi connectivity index (χ3n) is 4.59. The van der Waals surface area contributed by atoms with Gasteiger partial charge < -0.3 is 9.47 Å². The molecule has 0 fully saturated rings. The molecule has 2 aliphatic heterocycles. The molecule has 2 heterocycles. The third-order valence-corrected chi connectivity index (χ3v) is 4.59. The van der Waals surface area contributed by atoms with Crippen LogP contribution in [-0.4, -0.2) is 43.5 Å². The molecule has 134 valence electrons. The fourth-order valence-electron chi connectivity index (χ4n) is 3.27. The van der Waals surface area contributed by atoms with Crippen molar-refractivity contribution in [2.45, 2.75) is 13.5 Å². The Bertz CT molecular complexity index is 876. The maximum atomic E-state index is 12.5. The quantitative estimate of drug-likeness (QED) is 0.791. The van der Waals surface area contributed by atoms with Gasteiger partial charge >= 0.3 is 5.91 Å². The smallest absolute Gasteiger partial charge is 0.300 e. The summed E-state index contributed by atoms with van der Waals surface area (Å²) in [6, 6.07) is 11.6. The Morgan fingerprint density at radius 1 is 1.04 bits per heavy atom. The first-order valence-corrected chi connectivity index (χ1v) is 8.57. The van der Waals surface area contributed by atoms with Gasteiger partial charge in [-0.1, -0.05) is 29.8 Å². The van der Waals surface area contributed by atoms with Crippen LogP contribution >= 0.6 is 0 Å². The molecular formula is C20H20N2O4. The highest BCUT2D eigenvalue weighted by atomic mass is 16.6. The molecule has 1 amide bonds. The zero-order chi connectivity index (χ0) is 18.3. The molecule has 0 aliphatic carbocycles. The van der Waals surface area contributed by atoms with Gasteiger partial charge in [0.05, 0.1) is 17.9 Å². The van der Waals surface area contributed by atoms with Crippen molar-refractivity contribution in [2.24, 2.45) is 0 Å². The highest BCUT2D eigenvalue weighted by molar-refractivity contribution is 6.52. The summed E-state index contributed by atoms with van der Waals surface area (Å²) in [6.07, 6.45) is 0. The standard InChI is InChI=1S/C20H20N2O4/c1-13-3-5-14(6-4-13)11-21(2)12-22-16-10-18-17(25-7-8-26-18)9-15(16)19(23)20(22)24/h3-6,9-10H,7-8,11-12H2,1-2H3. The lowest BCUT2D eigenvalue weighted by Gasteiger charge is -2.25. The number of carbonyl (C=O) groups excluding carboxylic acids is 2. The summed E-state index contributed by atoms with van der Waals surface area (Å²) in [5.41, 5.74) is 3.32. The summed E-state index contributed by atoms with van der Waals surface area (Å²) in [6.45, 7) is 3.95. The molecule has 0 aromatic heterocycles. The second-order valence-corrected chi connectivity index (χ2v) is 6.72. The maximum Gasteiger partial charge on any atom is 0.300 e. The van der Waals surface area contributed by atoms with Crippen LogP contribution in [0.5, 0.6) is 11.5 Å². The van der Waals surface area contributed by atoms with Crippen LogP contribution in [0, 0.1) is 6.92 Å². The lowest BCUT2D eigenvalue weighted by Crippen LogP contribution is -2.38. The minimum Gasteiger partial charge on any atom is -0.486 e. The van der Waals surface area contributed by atoms with E-state index in [1.807, 2.05) is 18.9 Å². The van der Waals surface area contributed by atoms with E-state index in [4.69, 9.17) is 9.47 Å². The summed E-state index contributed by atoms with van der Waals surface area (Å²) in [4.78, 5) is 28.3. The number of hydrogen-bond donors (Lipinski definition) is 0. The number of nitrogens with zero attached hydrogens (tertiary/aromatic N) is 2. The van der Waals surface area contributed by atoms with Crippen LogP contribution in [0.15, 0.2) is 36.4 Å². The van der Waals surface area contributed by atoms with Crippen molar-refractivity contribution >= 4 is 17.4 Å². The van der Waals surface area contributed by atoms with Gasteiger partial charge in [-0.2, -0.15) is 0 Å². The normalized spacial score (nSPS) is 15.6. The summed E-state index contributed by atoms with van der Waals surface area (Å²) in [5, 5.41) is 0. The topological polar surface area (TPSA) is 59.1 Å². The number of rotatable bonds is 4. The van der Waals surface area contributed by atoms with E-state index < -0.39 is 11.7 Å². The highest BCUT2D eigenvalue weighted by Gasteiger charge is 2.38. The molecule has 0 radical (unpaired) electrons. The van der Waals surface area contributed by atoms with Gasteiger partial charge in [-0.25, -0.2) is 0 Å². The van der Waals surface area contributed by atoms with E-state index in [0.29, 0.717) is 49.2 Å². The van der Waals surface area contributed by atoms with E-state index in [2.05, 4.69) is 24.3 Å². The van der Waals surface area contributed by atoms with Gasteiger partial charge in [0.25, 0.3) is 5.78 Å². The number of amides is 1. The number of fused-ring (bicyclic) bond motifs is 2. The molecule has 0 N–H and O–H groups in total. The minimum absolute atomic E-state index is 0.324. The second-order valence-electron chi connectivity index (χ2n) is 6.72. The van der Waals surface area contributed by atoms with Crippen LogP contribution in [0.2, 0.25) is 0 Å². The minimum atomic E-state index is -0.516. The Morgan fingerprint density at radius 2 is 1.69 bits per heavy atom. The number of hydrogen-bond acceptors (Lipinski definition) is 5. The molecule has 6 heteroatoms. The van der Waals surface area contributed by atoms with Gasteiger partial charge in [-0.05, 0) is 25.6 Å². The summed E-state index contributed by atoms with van der Waals surface area (Å²) in [5.74, 6) is 0.0773. The summed E-state index contributed by atoms with van der Waals surface area (Å²) >= 11 is 0. The Balaban J connectivity index is 1.56. The van der Waals surface area contributed by atoms with E-state index in [1.165, 1.54) is 10.5 Å². The number of benzene rings is 2. The average molecular weight is 352 g/mol. The van der Waals surface area contributed by atoms with Crippen LogP contribution < -0.4 is 14.4 Å². The van der Waals surface area contributed by atoms with Crippen molar-refractivity contribution in [3.8, 4) is 11.5 Å². The molecule has 2 aromatic rings. The van der Waals surface area contributed by atoms with Crippen LogP contribution in [0.3, 0.4) is 0 Å². The van der Waals surface area contributed by atoms with Gasteiger partial charge in [-0.3, -0.25) is 19.4 Å². The predicted molar refractivity (Wildman–Crippen MR) is 96.8 cm³/mol. The third kappa shape index (κ3) is 2.93. The maximum absolute atomic E-state index is 12.5. The average Bonchev–Trinajstić information content (AvgIpc) is 2.86. The summed E-state index contributed by atoms with van der Waals surface area (Å²) < 4.78 is 11.1. The van der Waals surface area contributed by atoms with Crippen molar-refractivity contribution in [1.82, 2.24) is 4.90 Å². The molecule has 2 aromatic carbocycles. The number of ketones is 1. The first-order chi connectivity index (χ1) is 12.5. The van der Waals surface area contributed by atoms with Gasteiger partial charge in [0.15, 0.2) is 11.5 Å². The second kappa shape index (κ2) is 6.46.